The summed E-state index contributed by atoms with van der Waals surface area (Å²) in [5.41, 5.74) is 0.385. The van der Waals surface area contributed by atoms with Crippen LogP contribution in [-0.2, 0) is 0 Å². The summed E-state index contributed by atoms with van der Waals surface area (Å²) in [5.74, 6) is 0.904. The summed E-state index contributed by atoms with van der Waals surface area (Å²) in [6, 6.07) is 1.99. The molecule has 2 heterocycles. The molecule has 1 aromatic heterocycles. The third-order valence-corrected chi connectivity index (χ3v) is 2.93. The molecule has 2 rings (SSSR count). The first-order chi connectivity index (χ1) is 7.90. The van der Waals surface area contributed by atoms with E-state index in [0.717, 1.165) is 18.9 Å². The number of aromatic nitrogens is 2. The Morgan fingerprint density at radius 1 is 1.00 bits per heavy atom. The van der Waals surface area contributed by atoms with Crippen molar-refractivity contribution < 1.29 is 0 Å². The lowest BCUT2D eigenvalue weighted by Crippen LogP contribution is -2.27. The smallest absolute Gasteiger partial charge is 0.158 e. The molecule has 1 aliphatic rings. The molecule has 1 aliphatic heterocycles. The first-order valence-electron chi connectivity index (χ1n) is 5.87. The monoisotopic (exact) mass is 216 g/mol. The van der Waals surface area contributed by atoms with Crippen LogP contribution in [0.2, 0.25) is 0 Å². The Kier molecular flexibility index (Phi) is 3.71. The molecular formula is C12H16N4. The Hall–Kier alpha value is -1.63. The Balaban J connectivity index is 2.06. The molecule has 1 fully saturated rings. The molecule has 16 heavy (non-hydrogen) atoms. The Bertz CT molecular complexity index is 358. The van der Waals surface area contributed by atoms with Crippen LogP contribution in [-0.4, -0.2) is 23.1 Å². The van der Waals surface area contributed by atoms with Gasteiger partial charge in [0.2, 0.25) is 0 Å². The van der Waals surface area contributed by atoms with Crippen LogP contribution in [0.5, 0.6) is 0 Å². The first kappa shape index (κ1) is 10.9. The summed E-state index contributed by atoms with van der Waals surface area (Å²) >= 11 is 0. The van der Waals surface area contributed by atoms with Gasteiger partial charge in [0.1, 0.15) is 11.9 Å². The average molecular weight is 216 g/mol. The lowest BCUT2D eigenvalue weighted by Gasteiger charge is -2.25. The van der Waals surface area contributed by atoms with Crippen molar-refractivity contribution in [2.45, 2.75) is 32.1 Å². The third-order valence-electron chi connectivity index (χ3n) is 2.93. The molecule has 0 amide bonds. The van der Waals surface area contributed by atoms with E-state index in [2.05, 4.69) is 14.9 Å². The molecule has 0 aromatic carbocycles. The van der Waals surface area contributed by atoms with Crippen molar-refractivity contribution in [2.75, 3.05) is 18.0 Å². The number of rotatable bonds is 1. The molecule has 0 atom stereocenters. The Morgan fingerprint density at radius 3 is 2.25 bits per heavy atom. The van der Waals surface area contributed by atoms with Crippen LogP contribution in [0.4, 0.5) is 5.82 Å². The molecule has 84 valence electrons. The largest absolute Gasteiger partial charge is 0.355 e. The normalized spacial score (nSPS) is 17.3. The molecule has 0 bridgehead atoms. The van der Waals surface area contributed by atoms with E-state index in [1.165, 1.54) is 32.1 Å². The molecule has 0 spiro atoms. The van der Waals surface area contributed by atoms with Crippen LogP contribution in [0.15, 0.2) is 12.4 Å². The van der Waals surface area contributed by atoms with Gasteiger partial charge in [-0.3, -0.25) is 0 Å². The van der Waals surface area contributed by atoms with Crippen molar-refractivity contribution in [1.29, 1.82) is 5.26 Å². The molecule has 0 N–H and O–H groups in total. The van der Waals surface area contributed by atoms with Crippen LogP contribution < -0.4 is 4.90 Å². The molecule has 1 aromatic rings. The van der Waals surface area contributed by atoms with Crippen LogP contribution >= 0.6 is 0 Å². The number of hydrogen-bond donors (Lipinski definition) is 0. The van der Waals surface area contributed by atoms with Crippen molar-refractivity contribution in [3.8, 4) is 6.07 Å². The number of nitrogens with zero attached hydrogens (tertiary/aromatic N) is 4. The Morgan fingerprint density at radius 2 is 1.69 bits per heavy atom. The minimum absolute atomic E-state index is 0.385. The second-order valence-electron chi connectivity index (χ2n) is 4.13. The van der Waals surface area contributed by atoms with E-state index in [4.69, 9.17) is 5.26 Å². The average Bonchev–Trinajstić information content (AvgIpc) is 2.29. The molecule has 0 unspecified atom stereocenters. The van der Waals surface area contributed by atoms with E-state index in [9.17, 15) is 0 Å². The van der Waals surface area contributed by atoms with Gasteiger partial charge < -0.3 is 4.90 Å². The minimum atomic E-state index is 0.385. The van der Waals surface area contributed by atoms with Gasteiger partial charge >= 0.3 is 0 Å². The van der Waals surface area contributed by atoms with Gasteiger partial charge in [-0.05, 0) is 12.8 Å². The van der Waals surface area contributed by atoms with Crippen LogP contribution in [0.25, 0.3) is 0 Å². The van der Waals surface area contributed by atoms with Gasteiger partial charge in [0.15, 0.2) is 5.69 Å². The highest BCUT2D eigenvalue weighted by atomic mass is 15.2. The highest BCUT2D eigenvalue weighted by molar-refractivity contribution is 5.37. The van der Waals surface area contributed by atoms with E-state index in [-0.39, 0.29) is 0 Å². The van der Waals surface area contributed by atoms with Gasteiger partial charge in [-0.1, -0.05) is 19.3 Å². The van der Waals surface area contributed by atoms with E-state index < -0.39 is 0 Å². The third kappa shape index (κ3) is 2.69. The zero-order valence-electron chi connectivity index (χ0n) is 9.39. The molecule has 0 radical (unpaired) electrons. The van der Waals surface area contributed by atoms with Crippen molar-refractivity contribution in [2.24, 2.45) is 0 Å². The summed E-state index contributed by atoms with van der Waals surface area (Å²) in [6.07, 6.45) is 9.67. The van der Waals surface area contributed by atoms with Gasteiger partial charge in [0.05, 0.1) is 12.4 Å². The molecule has 1 saturated heterocycles. The standard InChI is InChI=1S/C12H16N4/c13-8-11-9-15-12(10-14-11)16-6-4-2-1-3-5-7-16/h9-10H,1-7H2. The second-order valence-corrected chi connectivity index (χ2v) is 4.13. The SMILES string of the molecule is N#Cc1cnc(N2CCCCCCC2)cn1. The van der Waals surface area contributed by atoms with Gasteiger partial charge in [-0.25, -0.2) is 9.97 Å². The quantitative estimate of drug-likeness (QED) is 0.721. The van der Waals surface area contributed by atoms with Gasteiger partial charge in [0, 0.05) is 13.1 Å². The lowest BCUT2D eigenvalue weighted by atomic mass is 10.1. The number of hydrogen-bond acceptors (Lipinski definition) is 4. The second kappa shape index (κ2) is 5.45. The van der Waals surface area contributed by atoms with Crippen molar-refractivity contribution in [3.63, 3.8) is 0 Å². The number of nitriles is 1. The summed E-state index contributed by atoms with van der Waals surface area (Å²) in [5, 5.41) is 8.65. The topological polar surface area (TPSA) is 52.8 Å². The predicted octanol–water partition coefficient (Wildman–Crippen LogP) is 2.12. The highest BCUT2D eigenvalue weighted by Crippen LogP contribution is 2.16. The van der Waals surface area contributed by atoms with Gasteiger partial charge in [-0.15, -0.1) is 0 Å². The molecule has 0 aliphatic carbocycles. The highest BCUT2D eigenvalue weighted by Gasteiger charge is 2.10. The fraction of sp³-hybridized carbons (Fsp3) is 0.583. The van der Waals surface area contributed by atoms with Crippen LogP contribution in [0.1, 0.15) is 37.8 Å². The minimum Gasteiger partial charge on any atom is -0.355 e. The van der Waals surface area contributed by atoms with Crippen molar-refractivity contribution >= 4 is 5.82 Å². The summed E-state index contributed by atoms with van der Waals surface area (Å²) < 4.78 is 0. The zero-order valence-corrected chi connectivity index (χ0v) is 9.39. The van der Waals surface area contributed by atoms with Gasteiger partial charge in [0.25, 0.3) is 0 Å². The Labute approximate surface area is 95.9 Å². The molecule has 4 heteroatoms. The molecular weight excluding hydrogens is 200 g/mol. The lowest BCUT2D eigenvalue weighted by molar-refractivity contribution is 0.553. The fourth-order valence-corrected chi connectivity index (χ4v) is 2.02. The maximum Gasteiger partial charge on any atom is 0.158 e. The predicted molar refractivity (Wildman–Crippen MR) is 62.0 cm³/mol. The maximum atomic E-state index is 8.65. The van der Waals surface area contributed by atoms with E-state index >= 15 is 0 Å². The van der Waals surface area contributed by atoms with E-state index in [1.54, 1.807) is 12.4 Å². The van der Waals surface area contributed by atoms with Gasteiger partial charge in [-0.2, -0.15) is 5.26 Å². The summed E-state index contributed by atoms with van der Waals surface area (Å²) in [6.45, 7) is 2.11. The number of anilines is 1. The fourth-order valence-electron chi connectivity index (χ4n) is 2.02. The molecule has 0 saturated carbocycles. The van der Waals surface area contributed by atoms with E-state index in [0.29, 0.717) is 5.69 Å². The van der Waals surface area contributed by atoms with Crippen molar-refractivity contribution in [3.05, 3.63) is 18.1 Å². The van der Waals surface area contributed by atoms with E-state index in [1.807, 2.05) is 6.07 Å². The molecule has 4 nitrogen and oxygen atoms in total. The van der Waals surface area contributed by atoms with Crippen LogP contribution in [0.3, 0.4) is 0 Å². The van der Waals surface area contributed by atoms with Crippen LogP contribution in [0, 0.1) is 11.3 Å². The zero-order chi connectivity index (χ0) is 11.2. The maximum absolute atomic E-state index is 8.65. The summed E-state index contributed by atoms with van der Waals surface area (Å²) in [4.78, 5) is 10.6. The first-order valence-corrected chi connectivity index (χ1v) is 5.87. The summed E-state index contributed by atoms with van der Waals surface area (Å²) in [7, 11) is 0. The van der Waals surface area contributed by atoms with Crippen molar-refractivity contribution in [1.82, 2.24) is 9.97 Å².